The van der Waals surface area contributed by atoms with Crippen molar-refractivity contribution in [2.45, 2.75) is 98.9 Å². The zero-order chi connectivity index (χ0) is 30.4. The second kappa shape index (κ2) is 8.96. The van der Waals surface area contributed by atoms with Gasteiger partial charge in [-0.15, -0.1) is 0 Å². The molecular formula is C32H44O8. The maximum absolute atomic E-state index is 14.3. The third kappa shape index (κ3) is 4.00. The Kier molecular flexibility index (Phi) is 6.80. The largest absolute Gasteiger partial charge is 0.505 e. The zero-order valence-electron chi connectivity index (χ0n) is 25.1. The van der Waals surface area contributed by atoms with E-state index in [-0.39, 0.29) is 36.1 Å². The molecule has 3 N–H and O–H groups in total. The topological polar surface area (TPSA) is 138 Å². The average Bonchev–Trinajstić information content (AvgIpc) is 3.01. The van der Waals surface area contributed by atoms with Crippen molar-refractivity contribution in [2.24, 2.45) is 39.4 Å². The first-order chi connectivity index (χ1) is 18.1. The Balaban J connectivity index is 1.76. The molecule has 4 rings (SSSR count). The van der Waals surface area contributed by atoms with Gasteiger partial charge in [0.15, 0.2) is 11.5 Å². The number of aliphatic hydroxyl groups is 3. The summed E-state index contributed by atoms with van der Waals surface area (Å²) in [7, 11) is 0. The van der Waals surface area contributed by atoms with Crippen molar-refractivity contribution < 1.29 is 39.2 Å². The van der Waals surface area contributed by atoms with Crippen LogP contribution in [0.1, 0.15) is 81.6 Å². The van der Waals surface area contributed by atoms with E-state index in [2.05, 4.69) is 0 Å². The van der Waals surface area contributed by atoms with Crippen LogP contribution in [-0.4, -0.2) is 55.9 Å². The van der Waals surface area contributed by atoms with Gasteiger partial charge in [-0.1, -0.05) is 32.4 Å². The Bertz CT molecular complexity index is 1270. The summed E-state index contributed by atoms with van der Waals surface area (Å²) >= 11 is 0. The number of ketones is 3. The van der Waals surface area contributed by atoms with Gasteiger partial charge in [-0.2, -0.15) is 0 Å². The van der Waals surface area contributed by atoms with E-state index in [4.69, 9.17) is 4.74 Å². The normalized spacial score (nSPS) is 40.4. The van der Waals surface area contributed by atoms with Crippen LogP contribution in [0.3, 0.4) is 0 Å². The third-order valence-electron chi connectivity index (χ3n) is 11.2. The van der Waals surface area contributed by atoms with Gasteiger partial charge in [0.1, 0.15) is 17.0 Å². The number of aliphatic hydroxyl groups excluding tert-OH is 2. The smallest absolute Gasteiger partial charge is 0.303 e. The molecule has 8 atom stereocenters. The molecule has 4 aliphatic rings. The summed E-state index contributed by atoms with van der Waals surface area (Å²) in [6.45, 7) is 15.3. The SMILES string of the molecule is CC(=O)OC(C)(C)/C=C/C(=O)[C@](C)(O)[C@@H]1[C@H](O)C[C@@]2(C)[C@H]3CC=C4[C@H](C=C(O)C(=O)C4(C)C)[C@]3(C)C(=O)C[C@]12C. The average molecular weight is 557 g/mol. The fourth-order valence-corrected chi connectivity index (χ4v) is 8.98. The lowest BCUT2D eigenvalue weighted by Crippen LogP contribution is -2.64. The van der Waals surface area contributed by atoms with Crippen molar-refractivity contribution in [2.75, 3.05) is 0 Å². The lowest BCUT2D eigenvalue weighted by molar-refractivity contribution is -0.179. The number of ether oxygens (including phenoxy) is 1. The molecule has 40 heavy (non-hydrogen) atoms. The fraction of sp³-hybridized carbons (Fsp3) is 0.688. The molecule has 2 saturated carbocycles. The number of allylic oxidation sites excluding steroid dienone is 4. The maximum Gasteiger partial charge on any atom is 0.303 e. The van der Waals surface area contributed by atoms with E-state index in [1.165, 1.54) is 32.1 Å². The fourth-order valence-electron chi connectivity index (χ4n) is 8.98. The summed E-state index contributed by atoms with van der Waals surface area (Å²) in [5.41, 5.74) is -5.72. The van der Waals surface area contributed by atoms with E-state index >= 15 is 0 Å². The Hall–Kier alpha value is -2.58. The summed E-state index contributed by atoms with van der Waals surface area (Å²) in [5.74, 6) is -3.61. The first-order valence-electron chi connectivity index (χ1n) is 14.1. The Morgan fingerprint density at radius 2 is 1.68 bits per heavy atom. The van der Waals surface area contributed by atoms with Gasteiger partial charge < -0.3 is 20.1 Å². The molecule has 4 aliphatic carbocycles. The molecule has 0 unspecified atom stereocenters. The monoisotopic (exact) mass is 556 g/mol. The van der Waals surface area contributed by atoms with Crippen LogP contribution in [0, 0.1) is 39.4 Å². The first kappa shape index (κ1) is 30.4. The highest BCUT2D eigenvalue weighted by molar-refractivity contribution is 6.02. The zero-order valence-corrected chi connectivity index (χ0v) is 25.1. The Morgan fingerprint density at radius 1 is 1.07 bits per heavy atom. The number of esters is 1. The number of fused-ring (bicyclic) bond motifs is 5. The van der Waals surface area contributed by atoms with Crippen LogP contribution in [0.2, 0.25) is 0 Å². The number of hydrogen-bond donors (Lipinski definition) is 3. The van der Waals surface area contributed by atoms with E-state index in [0.29, 0.717) is 6.42 Å². The van der Waals surface area contributed by atoms with E-state index in [1.54, 1.807) is 27.7 Å². The molecular weight excluding hydrogens is 512 g/mol. The lowest BCUT2D eigenvalue weighted by Gasteiger charge is -2.63. The van der Waals surface area contributed by atoms with Crippen molar-refractivity contribution in [3.05, 3.63) is 35.6 Å². The molecule has 8 nitrogen and oxygen atoms in total. The predicted octanol–water partition coefficient (Wildman–Crippen LogP) is 4.19. The van der Waals surface area contributed by atoms with Gasteiger partial charge in [-0.25, -0.2) is 0 Å². The van der Waals surface area contributed by atoms with Gasteiger partial charge in [0.05, 0.1) is 11.5 Å². The minimum absolute atomic E-state index is 0.0249. The molecule has 0 aromatic rings. The van der Waals surface area contributed by atoms with Gasteiger partial charge >= 0.3 is 5.97 Å². The van der Waals surface area contributed by atoms with Crippen LogP contribution < -0.4 is 0 Å². The molecule has 0 amide bonds. The molecule has 0 saturated heterocycles. The molecule has 0 heterocycles. The van der Waals surface area contributed by atoms with E-state index in [9.17, 15) is 34.5 Å². The van der Waals surface area contributed by atoms with Crippen molar-refractivity contribution in [3.63, 3.8) is 0 Å². The highest BCUT2D eigenvalue weighted by Crippen LogP contribution is 2.73. The maximum atomic E-state index is 14.3. The van der Waals surface area contributed by atoms with E-state index in [0.717, 1.165) is 5.57 Å². The lowest BCUT2D eigenvalue weighted by atomic mass is 9.39. The first-order valence-corrected chi connectivity index (χ1v) is 14.1. The summed E-state index contributed by atoms with van der Waals surface area (Å²) in [6, 6.07) is 0. The van der Waals surface area contributed by atoms with Crippen LogP contribution >= 0.6 is 0 Å². The highest BCUT2D eigenvalue weighted by Gasteiger charge is 2.74. The summed E-state index contributed by atoms with van der Waals surface area (Å²) in [6.07, 6.45) is 5.89. The Morgan fingerprint density at radius 3 is 2.25 bits per heavy atom. The van der Waals surface area contributed by atoms with E-state index < -0.39 is 62.6 Å². The second-order valence-corrected chi connectivity index (χ2v) is 14.4. The van der Waals surface area contributed by atoms with Crippen LogP contribution in [0.4, 0.5) is 0 Å². The van der Waals surface area contributed by atoms with Crippen LogP contribution in [0.15, 0.2) is 35.6 Å². The molecule has 0 aromatic heterocycles. The molecule has 0 aliphatic heterocycles. The van der Waals surface area contributed by atoms with Gasteiger partial charge in [-0.3, -0.25) is 19.2 Å². The molecule has 0 bridgehead atoms. The number of carbonyl (C=O) groups excluding carboxylic acids is 4. The second-order valence-electron chi connectivity index (χ2n) is 14.4. The summed E-state index contributed by atoms with van der Waals surface area (Å²) < 4.78 is 5.22. The molecule has 2 fully saturated rings. The van der Waals surface area contributed by atoms with Crippen LogP contribution in [0.25, 0.3) is 0 Å². The van der Waals surface area contributed by atoms with Gasteiger partial charge in [-0.05, 0) is 82.4 Å². The van der Waals surface area contributed by atoms with Crippen molar-refractivity contribution in [1.82, 2.24) is 0 Å². The standard InChI is InChI=1S/C32H44O8/c1-17(33)40-27(2,3)13-12-23(36)32(9,39)25-21(35)15-29(6)22-11-10-18-19(14-20(34)26(38)28(18,4)5)31(22,8)24(37)16-30(25,29)7/h10,12-14,19,21-22,25,34-35,39H,11,15-16H2,1-9H3/b13-12+/t19-,21+,22+,25+,29-,30+,31-,32-/m0/s1. The van der Waals surface area contributed by atoms with Crippen molar-refractivity contribution in [1.29, 1.82) is 0 Å². The number of hydrogen-bond acceptors (Lipinski definition) is 8. The summed E-state index contributed by atoms with van der Waals surface area (Å²) in [5, 5.41) is 33.8. The van der Waals surface area contributed by atoms with Gasteiger partial charge in [0.25, 0.3) is 0 Å². The molecule has 0 aromatic carbocycles. The number of carbonyl (C=O) groups is 4. The molecule has 8 heteroatoms. The molecule has 220 valence electrons. The van der Waals surface area contributed by atoms with Crippen molar-refractivity contribution >= 4 is 23.3 Å². The van der Waals surface area contributed by atoms with Gasteiger partial charge in [0.2, 0.25) is 5.78 Å². The highest BCUT2D eigenvalue weighted by atomic mass is 16.6. The van der Waals surface area contributed by atoms with Crippen LogP contribution in [-0.2, 0) is 23.9 Å². The predicted molar refractivity (Wildman–Crippen MR) is 148 cm³/mol. The number of Topliss-reactive ketones (excluding diaryl/α,β-unsaturated/α-hetero) is 2. The third-order valence-corrected chi connectivity index (χ3v) is 11.2. The number of rotatable bonds is 5. The summed E-state index contributed by atoms with van der Waals surface area (Å²) in [4.78, 5) is 52.0. The molecule has 0 spiro atoms. The van der Waals surface area contributed by atoms with Crippen molar-refractivity contribution in [3.8, 4) is 0 Å². The minimum atomic E-state index is -2.00. The van der Waals surface area contributed by atoms with Crippen LogP contribution in [0.5, 0.6) is 0 Å². The quantitative estimate of drug-likeness (QED) is 0.260. The van der Waals surface area contributed by atoms with Gasteiger partial charge in [0, 0.05) is 30.6 Å². The van der Waals surface area contributed by atoms with E-state index in [1.807, 2.05) is 26.8 Å². The molecule has 0 radical (unpaired) electrons. The Labute approximate surface area is 236 Å². The minimum Gasteiger partial charge on any atom is -0.505 e.